The Kier molecular flexibility index (Phi) is 4.06. The zero-order chi connectivity index (χ0) is 14.7. The molecule has 0 bridgehead atoms. The SMILES string of the molecule is COC(=O)NC1CCN(C(=O)C2CC(C(=O)O)=NO2)C1. The number of amides is 2. The van der Waals surface area contributed by atoms with Crippen molar-refractivity contribution >= 4 is 23.7 Å². The molecule has 2 unspecified atom stereocenters. The van der Waals surface area contributed by atoms with Gasteiger partial charge in [0.05, 0.1) is 13.2 Å². The molecule has 0 spiro atoms. The quantitative estimate of drug-likeness (QED) is 0.699. The van der Waals surface area contributed by atoms with Gasteiger partial charge in [0.15, 0.2) is 5.71 Å². The fourth-order valence-corrected chi connectivity index (χ4v) is 2.14. The number of carbonyl (C=O) groups is 3. The molecule has 1 saturated heterocycles. The highest BCUT2D eigenvalue weighted by molar-refractivity contribution is 6.36. The van der Waals surface area contributed by atoms with Crippen molar-refractivity contribution in [3.8, 4) is 0 Å². The van der Waals surface area contributed by atoms with Gasteiger partial charge in [-0.25, -0.2) is 9.59 Å². The lowest BCUT2D eigenvalue weighted by Gasteiger charge is -2.19. The highest BCUT2D eigenvalue weighted by Crippen LogP contribution is 2.17. The summed E-state index contributed by atoms with van der Waals surface area (Å²) < 4.78 is 4.49. The second kappa shape index (κ2) is 5.76. The lowest BCUT2D eigenvalue weighted by Crippen LogP contribution is -2.41. The molecule has 2 N–H and O–H groups in total. The maximum Gasteiger partial charge on any atom is 0.407 e. The minimum atomic E-state index is -1.19. The van der Waals surface area contributed by atoms with Crippen LogP contribution in [0.4, 0.5) is 4.79 Å². The van der Waals surface area contributed by atoms with Crippen molar-refractivity contribution in [1.29, 1.82) is 0 Å². The van der Waals surface area contributed by atoms with E-state index in [0.29, 0.717) is 19.5 Å². The van der Waals surface area contributed by atoms with Crippen molar-refractivity contribution in [2.75, 3.05) is 20.2 Å². The van der Waals surface area contributed by atoms with Crippen LogP contribution in [0.15, 0.2) is 5.16 Å². The van der Waals surface area contributed by atoms with E-state index in [1.54, 1.807) is 0 Å². The molecule has 2 rings (SSSR count). The van der Waals surface area contributed by atoms with E-state index in [-0.39, 0.29) is 24.1 Å². The standard InChI is InChI=1S/C11H15N3O6/c1-19-11(18)12-6-2-3-14(5-6)9(15)8-4-7(10(16)17)13-20-8/h6,8H,2-5H2,1H3,(H,12,18)(H,16,17). The fourth-order valence-electron chi connectivity index (χ4n) is 2.14. The summed E-state index contributed by atoms with van der Waals surface area (Å²) in [6.45, 7) is 0.811. The molecule has 2 atom stereocenters. The van der Waals surface area contributed by atoms with Crippen LogP contribution in [0.25, 0.3) is 0 Å². The average molecular weight is 285 g/mol. The van der Waals surface area contributed by atoms with Crippen LogP contribution in [0, 0.1) is 0 Å². The number of nitrogens with zero attached hydrogens (tertiary/aromatic N) is 2. The normalized spacial score (nSPS) is 24.9. The Morgan fingerprint density at radius 3 is 2.85 bits per heavy atom. The Morgan fingerprint density at radius 1 is 1.50 bits per heavy atom. The van der Waals surface area contributed by atoms with Crippen LogP contribution in [-0.4, -0.2) is 66.0 Å². The van der Waals surface area contributed by atoms with E-state index in [4.69, 9.17) is 9.94 Å². The number of nitrogens with one attached hydrogen (secondary N) is 1. The van der Waals surface area contributed by atoms with Gasteiger partial charge in [-0.15, -0.1) is 0 Å². The highest BCUT2D eigenvalue weighted by Gasteiger charge is 2.37. The molecule has 9 nitrogen and oxygen atoms in total. The van der Waals surface area contributed by atoms with E-state index < -0.39 is 18.2 Å². The minimum Gasteiger partial charge on any atom is -0.477 e. The first-order valence-electron chi connectivity index (χ1n) is 6.10. The summed E-state index contributed by atoms with van der Waals surface area (Å²) in [5, 5.41) is 14.7. The molecule has 2 amide bonds. The van der Waals surface area contributed by atoms with E-state index in [9.17, 15) is 14.4 Å². The maximum atomic E-state index is 12.1. The number of carbonyl (C=O) groups excluding carboxylic acids is 2. The second-order valence-electron chi connectivity index (χ2n) is 4.55. The molecule has 20 heavy (non-hydrogen) atoms. The van der Waals surface area contributed by atoms with Gasteiger partial charge in [-0.2, -0.15) is 0 Å². The Balaban J connectivity index is 1.84. The van der Waals surface area contributed by atoms with Gasteiger partial charge in [-0.3, -0.25) is 4.79 Å². The van der Waals surface area contributed by atoms with Crippen LogP contribution in [0.1, 0.15) is 12.8 Å². The molecule has 0 saturated carbocycles. The number of carboxylic acids is 1. The molecule has 0 radical (unpaired) electrons. The molecular formula is C11H15N3O6. The third-order valence-electron chi connectivity index (χ3n) is 3.20. The Labute approximate surface area is 114 Å². The van der Waals surface area contributed by atoms with Crippen LogP contribution in [0.5, 0.6) is 0 Å². The van der Waals surface area contributed by atoms with E-state index in [1.807, 2.05) is 0 Å². The number of aliphatic carboxylic acids is 1. The van der Waals surface area contributed by atoms with Crippen molar-refractivity contribution in [2.24, 2.45) is 5.16 Å². The maximum absolute atomic E-state index is 12.1. The third kappa shape index (κ3) is 2.98. The number of alkyl carbamates (subject to hydrolysis) is 1. The molecule has 9 heteroatoms. The number of hydrogen-bond acceptors (Lipinski definition) is 6. The predicted molar refractivity (Wildman–Crippen MR) is 65.1 cm³/mol. The summed E-state index contributed by atoms with van der Waals surface area (Å²) in [7, 11) is 1.27. The molecule has 2 aliphatic rings. The topological polar surface area (TPSA) is 118 Å². The van der Waals surface area contributed by atoms with E-state index in [0.717, 1.165) is 0 Å². The first-order valence-corrected chi connectivity index (χ1v) is 6.10. The van der Waals surface area contributed by atoms with Gasteiger partial charge in [-0.05, 0) is 6.42 Å². The van der Waals surface area contributed by atoms with Crippen LogP contribution >= 0.6 is 0 Å². The summed E-state index contributed by atoms with van der Waals surface area (Å²) >= 11 is 0. The number of hydrogen-bond donors (Lipinski definition) is 2. The minimum absolute atomic E-state index is 0.0419. The summed E-state index contributed by atoms with van der Waals surface area (Å²) in [6.07, 6.45) is -0.865. The van der Waals surface area contributed by atoms with Gasteiger partial charge in [0.1, 0.15) is 0 Å². The Morgan fingerprint density at radius 2 is 2.25 bits per heavy atom. The Hall–Kier alpha value is -2.32. The van der Waals surface area contributed by atoms with Gasteiger partial charge in [0.2, 0.25) is 6.10 Å². The monoisotopic (exact) mass is 285 g/mol. The van der Waals surface area contributed by atoms with Crippen molar-refractivity contribution in [1.82, 2.24) is 10.2 Å². The Bertz CT molecular complexity index is 463. The zero-order valence-electron chi connectivity index (χ0n) is 10.9. The van der Waals surface area contributed by atoms with E-state index >= 15 is 0 Å². The number of methoxy groups -OCH3 is 1. The van der Waals surface area contributed by atoms with Gasteiger partial charge in [-0.1, -0.05) is 5.16 Å². The molecule has 2 aliphatic heterocycles. The van der Waals surface area contributed by atoms with E-state index in [1.165, 1.54) is 12.0 Å². The molecule has 0 aromatic rings. The molecular weight excluding hydrogens is 270 g/mol. The van der Waals surface area contributed by atoms with Crippen molar-refractivity contribution in [3.63, 3.8) is 0 Å². The van der Waals surface area contributed by atoms with Gasteiger partial charge >= 0.3 is 12.1 Å². The smallest absolute Gasteiger partial charge is 0.407 e. The summed E-state index contributed by atoms with van der Waals surface area (Å²) in [5.41, 5.74) is -0.160. The van der Waals surface area contributed by atoms with Crippen LogP contribution < -0.4 is 5.32 Å². The highest BCUT2D eigenvalue weighted by atomic mass is 16.6. The lowest BCUT2D eigenvalue weighted by atomic mass is 10.1. The van der Waals surface area contributed by atoms with Crippen molar-refractivity contribution in [3.05, 3.63) is 0 Å². The average Bonchev–Trinajstić information content (AvgIpc) is 3.06. The van der Waals surface area contributed by atoms with E-state index in [2.05, 4.69) is 15.2 Å². The van der Waals surface area contributed by atoms with Gasteiger partial charge in [0.25, 0.3) is 5.91 Å². The number of ether oxygens (including phenoxy) is 1. The van der Waals surface area contributed by atoms with Crippen LogP contribution in [0.3, 0.4) is 0 Å². The molecule has 0 aromatic carbocycles. The number of likely N-dealkylation sites (tertiary alicyclic amines) is 1. The van der Waals surface area contributed by atoms with Crippen LogP contribution in [-0.2, 0) is 19.2 Å². The third-order valence-corrected chi connectivity index (χ3v) is 3.20. The molecule has 1 fully saturated rings. The first kappa shape index (κ1) is 14.1. The van der Waals surface area contributed by atoms with Gasteiger partial charge in [0, 0.05) is 19.5 Å². The molecule has 110 valence electrons. The van der Waals surface area contributed by atoms with Gasteiger partial charge < -0.3 is 24.9 Å². The second-order valence-corrected chi connectivity index (χ2v) is 4.55. The summed E-state index contributed by atoms with van der Waals surface area (Å²) in [4.78, 5) is 40.2. The largest absolute Gasteiger partial charge is 0.477 e. The molecule has 2 heterocycles. The number of carboxylic acid groups (broad SMARTS) is 1. The van der Waals surface area contributed by atoms with Crippen molar-refractivity contribution in [2.45, 2.75) is 25.0 Å². The predicted octanol–water partition coefficient (Wildman–Crippen LogP) is -0.827. The zero-order valence-corrected chi connectivity index (χ0v) is 10.9. The molecule has 0 aromatic heterocycles. The lowest BCUT2D eigenvalue weighted by molar-refractivity contribution is -0.141. The summed E-state index contributed by atoms with van der Waals surface area (Å²) in [6, 6.07) is -0.173. The first-order chi connectivity index (χ1) is 9.51. The number of rotatable bonds is 3. The number of oxime groups is 1. The van der Waals surface area contributed by atoms with Crippen LogP contribution in [0.2, 0.25) is 0 Å². The fraction of sp³-hybridized carbons (Fsp3) is 0.636. The van der Waals surface area contributed by atoms with Crippen molar-refractivity contribution < 1.29 is 29.1 Å². The molecule has 0 aliphatic carbocycles. The summed E-state index contributed by atoms with van der Waals surface area (Å²) in [5.74, 6) is -1.51.